The highest BCUT2D eigenvalue weighted by molar-refractivity contribution is 5.75. The number of hydrogen-bond donors (Lipinski definition) is 2. The maximum absolute atomic E-state index is 11.2. The van der Waals surface area contributed by atoms with Gasteiger partial charge in [0.15, 0.2) is 0 Å². The van der Waals surface area contributed by atoms with E-state index >= 15 is 0 Å². The number of amides is 1. The van der Waals surface area contributed by atoms with Crippen molar-refractivity contribution in [3.63, 3.8) is 0 Å². The summed E-state index contributed by atoms with van der Waals surface area (Å²) in [7, 11) is 0. The number of aliphatic carboxylic acids is 1. The van der Waals surface area contributed by atoms with E-state index in [0.717, 1.165) is 11.1 Å². The molecule has 0 aliphatic carbocycles. The van der Waals surface area contributed by atoms with Crippen molar-refractivity contribution in [2.24, 2.45) is 0 Å². The molecule has 0 aliphatic heterocycles. The van der Waals surface area contributed by atoms with Crippen LogP contribution in [0.3, 0.4) is 0 Å². The summed E-state index contributed by atoms with van der Waals surface area (Å²) in [6.07, 6.45) is -0.163. The number of carboxylic acids is 1. The Hall–Kier alpha value is -2.82. The van der Waals surface area contributed by atoms with Gasteiger partial charge in [-0.25, -0.2) is 0 Å². The molecule has 0 aliphatic rings. The van der Waals surface area contributed by atoms with Gasteiger partial charge in [-0.1, -0.05) is 42.5 Å². The summed E-state index contributed by atoms with van der Waals surface area (Å²) >= 11 is 0. The minimum atomic E-state index is -0.965. The van der Waals surface area contributed by atoms with Crippen LogP contribution in [0.2, 0.25) is 0 Å². The van der Waals surface area contributed by atoms with E-state index in [1.807, 2.05) is 30.3 Å². The van der Waals surface area contributed by atoms with Crippen LogP contribution >= 0.6 is 0 Å². The molecule has 5 heteroatoms. The maximum atomic E-state index is 11.2. The molecule has 0 spiro atoms. The smallest absolute Gasteiger partial charge is 0.305 e. The van der Waals surface area contributed by atoms with Gasteiger partial charge in [-0.05, 0) is 23.3 Å². The number of carboxylic acid groups (broad SMARTS) is 1. The molecule has 1 unspecified atom stereocenters. The fourth-order valence-electron chi connectivity index (χ4n) is 2.21. The molecule has 2 aromatic rings. The van der Waals surface area contributed by atoms with Gasteiger partial charge in [0, 0.05) is 6.92 Å². The largest absolute Gasteiger partial charge is 0.489 e. The van der Waals surface area contributed by atoms with Crippen molar-refractivity contribution in [1.82, 2.24) is 5.32 Å². The van der Waals surface area contributed by atoms with Crippen molar-refractivity contribution in [3.8, 4) is 5.75 Å². The van der Waals surface area contributed by atoms with Crippen molar-refractivity contribution >= 4 is 11.9 Å². The standard InChI is InChI=1S/C18H19NO4/c1-13(20)19-17(11-18(21)22)15-7-9-16(10-8-15)23-12-14-5-3-2-4-6-14/h2-10,17H,11-12H2,1H3,(H,19,20)(H,21,22). The molecular weight excluding hydrogens is 294 g/mol. The first-order valence-corrected chi connectivity index (χ1v) is 7.30. The lowest BCUT2D eigenvalue weighted by Gasteiger charge is -2.16. The normalized spacial score (nSPS) is 11.5. The van der Waals surface area contributed by atoms with E-state index in [0.29, 0.717) is 12.4 Å². The second-order valence-electron chi connectivity index (χ2n) is 5.19. The predicted molar refractivity (Wildman–Crippen MR) is 86.0 cm³/mol. The van der Waals surface area contributed by atoms with Gasteiger partial charge in [-0.3, -0.25) is 9.59 Å². The van der Waals surface area contributed by atoms with Crippen LogP contribution < -0.4 is 10.1 Å². The van der Waals surface area contributed by atoms with Crippen molar-refractivity contribution in [2.75, 3.05) is 0 Å². The monoisotopic (exact) mass is 313 g/mol. The number of ether oxygens (including phenoxy) is 1. The Bertz CT molecular complexity index is 636. The second kappa shape index (κ2) is 7.98. The van der Waals surface area contributed by atoms with Gasteiger partial charge in [-0.15, -0.1) is 0 Å². The summed E-state index contributed by atoms with van der Waals surface area (Å²) in [5.41, 5.74) is 1.80. The maximum Gasteiger partial charge on any atom is 0.305 e. The van der Waals surface area contributed by atoms with E-state index in [2.05, 4.69) is 5.32 Å². The molecule has 0 heterocycles. The fourth-order valence-corrected chi connectivity index (χ4v) is 2.21. The van der Waals surface area contributed by atoms with Gasteiger partial charge in [0.25, 0.3) is 0 Å². The zero-order valence-electron chi connectivity index (χ0n) is 12.9. The molecule has 2 rings (SSSR count). The van der Waals surface area contributed by atoms with Crippen LogP contribution in [0.1, 0.15) is 30.5 Å². The highest BCUT2D eigenvalue weighted by atomic mass is 16.5. The third-order valence-electron chi connectivity index (χ3n) is 3.29. The Kier molecular flexibility index (Phi) is 5.74. The molecule has 1 atom stereocenters. The van der Waals surface area contributed by atoms with E-state index in [4.69, 9.17) is 9.84 Å². The predicted octanol–water partition coefficient (Wildman–Crippen LogP) is 2.92. The Labute approximate surface area is 134 Å². The number of nitrogens with one attached hydrogen (secondary N) is 1. The van der Waals surface area contributed by atoms with Gasteiger partial charge in [0.2, 0.25) is 5.91 Å². The molecule has 0 saturated heterocycles. The lowest BCUT2D eigenvalue weighted by Crippen LogP contribution is -2.27. The molecule has 5 nitrogen and oxygen atoms in total. The van der Waals surface area contributed by atoms with Crippen molar-refractivity contribution in [1.29, 1.82) is 0 Å². The Morgan fingerprint density at radius 3 is 2.30 bits per heavy atom. The zero-order chi connectivity index (χ0) is 16.7. The third kappa shape index (κ3) is 5.47. The Morgan fingerprint density at radius 1 is 1.09 bits per heavy atom. The highest BCUT2D eigenvalue weighted by Gasteiger charge is 2.16. The minimum absolute atomic E-state index is 0.163. The van der Waals surface area contributed by atoms with Gasteiger partial charge >= 0.3 is 5.97 Å². The van der Waals surface area contributed by atoms with Gasteiger partial charge in [-0.2, -0.15) is 0 Å². The molecule has 0 fully saturated rings. The van der Waals surface area contributed by atoms with Crippen LogP contribution in [-0.4, -0.2) is 17.0 Å². The first-order valence-electron chi connectivity index (χ1n) is 7.30. The molecule has 0 aromatic heterocycles. The summed E-state index contributed by atoms with van der Waals surface area (Å²) in [5.74, 6) is -0.539. The lowest BCUT2D eigenvalue weighted by atomic mass is 10.0. The topological polar surface area (TPSA) is 75.6 Å². The van der Waals surface area contributed by atoms with Crippen molar-refractivity contribution < 1.29 is 19.4 Å². The number of carbonyl (C=O) groups is 2. The summed E-state index contributed by atoms with van der Waals surface area (Å²) in [4.78, 5) is 22.1. The van der Waals surface area contributed by atoms with Gasteiger partial charge in [0.05, 0.1) is 12.5 Å². The van der Waals surface area contributed by atoms with E-state index in [1.165, 1.54) is 6.92 Å². The second-order valence-corrected chi connectivity index (χ2v) is 5.19. The molecule has 2 aromatic carbocycles. The Morgan fingerprint density at radius 2 is 1.74 bits per heavy atom. The first-order chi connectivity index (χ1) is 11.0. The van der Waals surface area contributed by atoms with Crippen LogP contribution in [0.15, 0.2) is 54.6 Å². The van der Waals surface area contributed by atoms with Crippen LogP contribution in [0.4, 0.5) is 0 Å². The molecule has 1 amide bonds. The molecule has 0 saturated carbocycles. The first kappa shape index (κ1) is 16.5. The lowest BCUT2D eigenvalue weighted by molar-refractivity contribution is -0.137. The zero-order valence-corrected chi connectivity index (χ0v) is 12.9. The number of hydrogen-bond acceptors (Lipinski definition) is 3. The van der Waals surface area contributed by atoms with E-state index in [1.54, 1.807) is 24.3 Å². The van der Waals surface area contributed by atoms with Gasteiger partial charge in [0.1, 0.15) is 12.4 Å². The van der Waals surface area contributed by atoms with E-state index in [-0.39, 0.29) is 12.3 Å². The molecule has 0 radical (unpaired) electrons. The van der Waals surface area contributed by atoms with Crippen LogP contribution in [0.25, 0.3) is 0 Å². The average molecular weight is 313 g/mol. The quantitative estimate of drug-likeness (QED) is 0.824. The SMILES string of the molecule is CC(=O)NC(CC(=O)O)c1ccc(OCc2ccccc2)cc1. The highest BCUT2D eigenvalue weighted by Crippen LogP contribution is 2.21. The number of carbonyl (C=O) groups excluding carboxylic acids is 1. The molecule has 120 valence electrons. The van der Waals surface area contributed by atoms with Gasteiger partial charge < -0.3 is 15.2 Å². The Balaban J connectivity index is 2.01. The van der Waals surface area contributed by atoms with Crippen LogP contribution in [0, 0.1) is 0 Å². The summed E-state index contributed by atoms with van der Waals surface area (Å²) in [6.45, 7) is 1.83. The minimum Gasteiger partial charge on any atom is -0.489 e. The van der Waals surface area contributed by atoms with Crippen molar-refractivity contribution in [3.05, 3.63) is 65.7 Å². The molecule has 2 N–H and O–H groups in total. The fraction of sp³-hybridized carbons (Fsp3) is 0.222. The summed E-state index contributed by atoms with van der Waals surface area (Å²) in [5, 5.41) is 11.6. The van der Waals surface area contributed by atoms with E-state index in [9.17, 15) is 9.59 Å². The molecular formula is C18H19NO4. The van der Waals surface area contributed by atoms with E-state index < -0.39 is 12.0 Å². The molecule has 0 bridgehead atoms. The van der Waals surface area contributed by atoms with Crippen molar-refractivity contribution in [2.45, 2.75) is 26.0 Å². The van der Waals surface area contributed by atoms with Crippen LogP contribution in [-0.2, 0) is 16.2 Å². The summed E-state index contributed by atoms with van der Waals surface area (Å²) in [6, 6.07) is 16.3. The van der Waals surface area contributed by atoms with Crippen LogP contribution in [0.5, 0.6) is 5.75 Å². The average Bonchev–Trinajstić information content (AvgIpc) is 2.53. The number of benzene rings is 2. The third-order valence-corrected chi connectivity index (χ3v) is 3.29. The molecule has 23 heavy (non-hydrogen) atoms. The number of rotatable bonds is 7. The summed E-state index contributed by atoms with van der Waals surface area (Å²) < 4.78 is 5.69.